The van der Waals surface area contributed by atoms with Crippen LogP contribution in [-0.2, 0) is 14.6 Å². The van der Waals surface area contributed by atoms with Gasteiger partial charge in [-0.25, -0.2) is 12.8 Å². The molecule has 1 N–H and O–H groups in total. The number of nitrogens with zero attached hydrogens (tertiary/aromatic N) is 1. The number of benzene rings is 2. The summed E-state index contributed by atoms with van der Waals surface area (Å²) in [7, 11) is -3.84. The second-order valence-electron chi connectivity index (χ2n) is 6.05. The molecule has 0 unspecified atom stereocenters. The molecular formula is C21H17FN2O3S. The molecule has 3 rings (SSSR count). The van der Waals surface area contributed by atoms with Gasteiger partial charge >= 0.3 is 0 Å². The number of hydrogen-bond donors (Lipinski definition) is 1. The zero-order valence-electron chi connectivity index (χ0n) is 15.0. The van der Waals surface area contributed by atoms with E-state index >= 15 is 0 Å². The molecule has 1 aromatic heterocycles. The molecule has 142 valence electrons. The number of anilines is 1. The van der Waals surface area contributed by atoms with Gasteiger partial charge in [0, 0.05) is 24.2 Å². The summed E-state index contributed by atoms with van der Waals surface area (Å²) in [6, 6.07) is 13.1. The summed E-state index contributed by atoms with van der Waals surface area (Å²) in [4.78, 5) is 15.8. The number of hydrogen-bond acceptors (Lipinski definition) is 4. The Morgan fingerprint density at radius 3 is 2.43 bits per heavy atom. The largest absolute Gasteiger partial charge is 0.323 e. The van der Waals surface area contributed by atoms with Gasteiger partial charge in [-0.2, -0.15) is 0 Å². The van der Waals surface area contributed by atoms with E-state index < -0.39 is 15.7 Å². The minimum Gasteiger partial charge on any atom is -0.323 e. The van der Waals surface area contributed by atoms with E-state index in [4.69, 9.17) is 0 Å². The molecule has 5 nitrogen and oxygen atoms in total. The fourth-order valence-corrected chi connectivity index (χ4v) is 3.70. The van der Waals surface area contributed by atoms with Gasteiger partial charge in [0.25, 0.3) is 0 Å². The summed E-state index contributed by atoms with van der Waals surface area (Å²) in [5, 5.41) is 2.65. The number of aromatic nitrogens is 1. The number of carbonyl (C=O) groups is 1. The van der Waals surface area contributed by atoms with E-state index in [1.165, 1.54) is 42.5 Å². The smallest absolute Gasteiger partial charge is 0.248 e. The van der Waals surface area contributed by atoms with Gasteiger partial charge in [-0.05, 0) is 66.6 Å². The van der Waals surface area contributed by atoms with Crippen molar-refractivity contribution in [1.29, 1.82) is 0 Å². The first-order valence-electron chi connectivity index (χ1n) is 8.37. The second-order valence-corrected chi connectivity index (χ2v) is 8.00. The molecule has 3 aromatic rings. The quantitative estimate of drug-likeness (QED) is 0.661. The van der Waals surface area contributed by atoms with Crippen LogP contribution in [0, 0.1) is 12.7 Å². The summed E-state index contributed by atoms with van der Waals surface area (Å²) in [5.41, 5.74) is 1.59. The fourth-order valence-electron chi connectivity index (χ4n) is 2.42. The molecule has 0 aliphatic rings. The van der Waals surface area contributed by atoms with Crippen LogP contribution in [-0.4, -0.2) is 19.3 Å². The lowest BCUT2D eigenvalue weighted by Gasteiger charge is -2.07. The van der Waals surface area contributed by atoms with Crippen molar-refractivity contribution in [2.24, 2.45) is 0 Å². The molecule has 0 saturated carbocycles. The van der Waals surface area contributed by atoms with Crippen LogP contribution in [0.15, 0.2) is 82.9 Å². The third-order valence-corrected chi connectivity index (χ3v) is 5.76. The van der Waals surface area contributed by atoms with Gasteiger partial charge in [-0.1, -0.05) is 12.1 Å². The highest BCUT2D eigenvalue weighted by Crippen LogP contribution is 2.24. The normalized spacial score (nSPS) is 11.5. The maximum absolute atomic E-state index is 13.7. The van der Waals surface area contributed by atoms with E-state index in [2.05, 4.69) is 10.3 Å². The SMILES string of the molecule is Cc1ccc(S(=O)(=O)c2ccc(NC(=O)C=Cc3cccnc3)cc2)cc1F. The molecule has 1 amide bonds. The monoisotopic (exact) mass is 396 g/mol. The van der Waals surface area contributed by atoms with Gasteiger partial charge in [0.15, 0.2) is 0 Å². The number of halogens is 1. The van der Waals surface area contributed by atoms with Crippen molar-refractivity contribution in [2.45, 2.75) is 16.7 Å². The van der Waals surface area contributed by atoms with Crippen LogP contribution < -0.4 is 5.32 Å². The molecule has 1 heterocycles. The van der Waals surface area contributed by atoms with Crippen molar-refractivity contribution in [3.63, 3.8) is 0 Å². The Morgan fingerprint density at radius 2 is 1.79 bits per heavy atom. The van der Waals surface area contributed by atoms with E-state index in [0.717, 1.165) is 11.6 Å². The summed E-state index contributed by atoms with van der Waals surface area (Å²) in [6.45, 7) is 1.56. The first-order chi connectivity index (χ1) is 13.4. The van der Waals surface area contributed by atoms with Crippen molar-refractivity contribution >= 4 is 27.5 Å². The van der Waals surface area contributed by atoms with Crippen molar-refractivity contribution in [1.82, 2.24) is 4.98 Å². The first kappa shape index (κ1) is 19.4. The van der Waals surface area contributed by atoms with Gasteiger partial charge in [0.05, 0.1) is 9.79 Å². The average molecular weight is 396 g/mol. The highest BCUT2D eigenvalue weighted by atomic mass is 32.2. The number of rotatable bonds is 5. The molecule has 0 aliphatic carbocycles. The van der Waals surface area contributed by atoms with Crippen LogP contribution in [0.4, 0.5) is 10.1 Å². The van der Waals surface area contributed by atoms with E-state index in [9.17, 15) is 17.6 Å². The minimum atomic E-state index is -3.84. The Kier molecular flexibility index (Phi) is 5.65. The predicted molar refractivity (Wildman–Crippen MR) is 105 cm³/mol. The Morgan fingerprint density at radius 1 is 1.07 bits per heavy atom. The number of amides is 1. The number of nitrogens with one attached hydrogen (secondary N) is 1. The molecular weight excluding hydrogens is 379 g/mol. The standard InChI is InChI=1S/C21H17FN2O3S/c1-15-4-8-19(13-20(15)22)28(26,27)18-9-6-17(7-10-18)24-21(25)11-5-16-3-2-12-23-14-16/h2-14H,1H3,(H,24,25). The van der Waals surface area contributed by atoms with Gasteiger partial charge in [0.1, 0.15) is 5.82 Å². The Balaban J connectivity index is 1.73. The first-order valence-corrected chi connectivity index (χ1v) is 9.85. The van der Waals surface area contributed by atoms with Crippen molar-refractivity contribution in [3.8, 4) is 0 Å². The van der Waals surface area contributed by atoms with Crippen molar-refractivity contribution < 1.29 is 17.6 Å². The van der Waals surface area contributed by atoms with Crippen LogP contribution in [0.2, 0.25) is 0 Å². The lowest BCUT2D eigenvalue weighted by molar-refractivity contribution is -0.111. The molecule has 2 aromatic carbocycles. The van der Waals surface area contributed by atoms with E-state index in [1.807, 2.05) is 6.07 Å². The molecule has 28 heavy (non-hydrogen) atoms. The van der Waals surface area contributed by atoms with Crippen molar-refractivity contribution in [2.75, 3.05) is 5.32 Å². The third-order valence-electron chi connectivity index (χ3n) is 4.00. The lowest BCUT2D eigenvalue weighted by Crippen LogP contribution is -2.08. The van der Waals surface area contributed by atoms with Crippen LogP contribution in [0.3, 0.4) is 0 Å². The zero-order chi connectivity index (χ0) is 20.1. The molecule has 0 bridgehead atoms. The molecule has 0 spiro atoms. The molecule has 0 atom stereocenters. The topological polar surface area (TPSA) is 76.1 Å². The average Bonchev–Trinajstić information content (AvgIpc) is 2.69. The molecule has 0 aliphatic heterocycles. The number of aryl methyl sites for hydroxylation is 1. The van der Waals surface area contributed by atoms with Gasteiger partial charge < -0.3 is 5.32 Å². The van der Waals surface area contributed by atoms with Gasteiger partial charge in [0.2, 0.25) is 15.7 Å². The fraction of sp³-hybridized carbons (Fsp3) is 0.0476. The number of sulfone groups is 1. The summed E-state index contributed by atoms with van der Waals surface area (Å²) in [5.74, 6) is -0.939. The van der Waals surface area contributed by atoms with Crippen LogP contribution in [0.5, 0.6) is 0 Å². The summed E-state index contributed by atoms with van der Waals surface area (Å²) >= 11 is 0. The van der Waals surface area contributed by atoms with Crippen LogP contribution in [0.1, 0.15) is 11.1 Å². The van der Waals surface area contributed by atoms with Gasteiger partial charge in [-0.15, -0.1) is 0 Å². The summed E-state index contributed by atoms with van der Waals surface area (Å²) in [6.07, 6.45) is 6.24. The third kappa shape index (κ3) is 4.50. The highest BCUT2D eigenvalue weighted by Gasteiger charge is 2.18. The van der Waals surface area contributed by atoms with Crippen LogP contribution in [0.25, 0.3) is 6.08 Å². The summed E-state index contributed by atoms with van der Waals surface area (Å²) < 4.78 is 38.9. The predicted octanol–water partition coefficient (Wildman–Crippen LogP) is 4.01. The van der Waals surface area contributed by atoms with E-state index in [0.29, 0.717) is 11.3 Å². The Labute approximate surface area is 162 Å². The van der Waals surface area contributed by atoms with Gasteiger partial charge in [-0.3, -0.25) is 9.78 Å². The Bertz CT molecular complexity index is 1130. The molecule has 0 radical (unpaired) electrons. The molecule has 0 saturated heterocycles. The zero-order valence-corrected chi connectivity index (χ0v) is 15.8. The Hall–Kier alpha value is -3.32. The number of carbonyl (C=O) groups excluding carboxylic acids is 1. The maximum atomic E-state index is 13.7. The highest BCUT2D eigenvalue weighted by molar-refractivity contribution is 7.91. The van der Waals surface area contributed by atoms with Crippen molar-refractivity contribution in [3.05, 3.63) is 90.0 Å². The number of pyridine rings is 1. The molecule has 7 heteroatoms. The lowest BCUT2D eigenvalue weighted by atomic mass is 10.2. The van der Waals surface area contributed by atoms with E-state index in [1.54, 1.807) is 31.5 Å². The molecule has 0 fully saturated rings. The second kappa shape index (κ2) is 8.14. The maximum Gasteiger partial charge on any atom is 0.248 e. The van der Waals surface area contributed by atoms with Crippen LogP contribution >= 0.6 is 0 Å². The minimum absolute atomic E-state index is 0.0136. The van der Waals surface area contributed by atoms with E-state index in [-0.39, 0.29) is 15.7 Å².